The predicted molar refractivity (Wildman–Crippen MR) is 118 cm³/mol. The Morgan fingerprint density at radius 3 is 2.91 bits per heavy atom. The second kappa shape index (κ2) is 8.70. The van der Waals surface area contributed by atoms with Crippen LogP contribution in [0.5, 0.6) is 5.75 Å². The fourth-order valence-corrected chi connectivity index (χ4v) is 4.19. The summed E-state index contributed by atoms with van der Waals surface area (Å²) in [5.74, 6) is 0.194. The molecule has 3 N–H and O–H groups in total. The highest BCUT2D eigenvalue weighted by Crippen LogP contribution is 2.32. The van der Waals surface area contributed by atoms with Gasteiger partial charge in [0.15, 0.2) is 5.58 Å². The zero-order chi connectivity index (χ0) is 22.1. The molecule has 6 nitrogen and oxygen atoms in total. The summed E-state index contributed by atoms with van der Waals surface area (Å²) in [7, 11) is 0. The Kier molecular flexibility index (Phi) is 5.61. The van der Waals surface area contributed by atoms with Gasteiger partial charge in [-0.15, -0.1) is 0 Å². The maximum Gasteiger partial charge on any atom is 0.170 e. The lowest BCUT2D eigenvalue weighted by molar-refractivity contribution is 0.0890. The number of ether oxygens (including phenoxy) is 1. The molecule has 0 fully saturated rings. The van der Waals surface area contributed by atoms with Crippen LogP contribution in [-0.2, 0) is 6.42 Å². The lowest BCUT2D eigenvalue weighted by Crippen LogP contribution is -2.37. The van der Waals surface area contributed by atoms with E-state index >= 15 is 0 Å². The van der Waals surface area contributed by atoms with Crippen LogP contribution in [0.15, 0.2) is 71.3 Å². The molecule has 0 spiro atoms. The van der Waals surface area contributed by atoms with E-state index in [9.17, 15) is 14.6 Å². The molecule has 0 bridgehead atoms. The highest BCUT2D eigenvalue weighted by molar-refractivity contribution is 5.91. The second-order valence-corrected chi connectivity index (χ2v) is 8.02. The van der Waals surface area contributed by atoms with Crippen molar-refractivity contribution >= 4 is 11.0 Å². The van der Waals surface area contributed by atoms with E-state index in [-0.39, 0.29) is 25.0 Å². The lowest BCUT2D eigenvalue weighted by Gasteiger charge is -2.20. The van der Waals surface area contributed by atoms with E-state index in [0.29, 0.717) is 28.8 Å². The number of halogens is 1. The van der Waals surface area contributed by atoms with E-state index in [1.54, 1.807) is 18.2 Å². The number of aliphatic hydroxyl groups excluding tert-OH is 2. The van der Waals surface area contributed by atoms with Crippen LogP contribution in [0.4, 0.5) is 4.39 Å². The van der Waals surface area contributed by atoms with Gasteiger partial charge in [-0.3, -0.25) is 0 Å². The van der Waals surface area contributed by atoms with E-state index in [0.717, 1.165) is 16.7 Å². The number of aromatic nitrogens is 1. The Labute approximate surface area is 184 Å². The van der Waals surface area contributed by atoms with Crippen molar-refractivity contribution < 1.29 is 23.9 Å². The molecule has 5 rings (SSSR count). The standard InChI is InChI=1S/C25H23FN2O4/c26-17-8-9-21-23(12-17)32-28-24(21)16-5-3-6-19(10-16)31-14-18(29)13-27-25-20-7-2-1-4-15(20)11-22(25)30/h1-10,12,18,22,25,27,29-30H,11,13-14H2/t18-,22+,25+/m1/s1. The molecule has 0 saturated carbocycles. The molecule has 7 heteroatoms. The average Bonchev–Trinajstić information content (AvgIpc) is 3.36. The monoisotopic (exact) mass is 434 g/mol. The van der Waals surface area contributed by atoms with Crippen LogP contribution in [0.1, 0.15) is 17.2 Å². The van der Waals surface area contributed by atoms with Gasteiger partial charge in [-0.1, -0.05) is 41.6 Å². The number of nitrogens with zero attached hydrogens (tertiary/aromatic N) is 1. The van der Waals surface area contributed by atoms with Crippen LogP contribution in [-0.4, -0.2) is 40.7 Å². The van der Waals surface area contributed by atoms with E-state index < -0.39 is 12.2 Å². The van der Waals surface area contributed by atoms with E-state index in [1.165, 1.54) is 12.1 Å². The van der Waals surface area contributed by atoms with Crippen LogP contribution in [0.2, 0.25) is 0 Å². The van der Waals surface area contributed by atoms with Crippen molar-refractivity contribution in [2.75, 3.05) is 13.2 Å². The van der Waals surface area contributed by atoms with Gasteiger partial charge in [-0.25, -0.2) is 4.39 Å². The second-order valence-electron chi connectivity index (χ2n) is 8.02. The van der Waals surface area contributed by atoms with Crippen molar-refractivity contribution in [3.05, 3.63) is 83.7 Å². The minimum Gasteiger partial charge on any atom is -0.491 e. The quantitative estimate of drug-likeness (QED) is 0.412. The van der Waals surface area contributed by atoms with Gasteiger partial charge in [0, 0.05) is 30.0 Å². The first kappa shape index (κ1) is 20.6. The van der Waals surface area contributed by atoms with Crippen LogP contribution in [0.25, 0.3) is 22.2 Å². The van der Waals surface area contributed by atoms with Crippen molar-refractivity contribution in [3.63, 3.8) is 0 Å². The smallest absolute Gasteiger partial charge is 0.170 e. The Morgan fingerprint density at radius 2 is 2.00 bits per heavy atom. The molecule has 1 aromatic heterocycles. The third kappa shape index (κ3) is 4.10. The molecular formula is C25H23FN2O4. The molecule has 0 radical (unpaired) electrons. The van der Waals surface area contributed by atoms with Crippen molar-refractivity contribution in [2.24, 2.45) is 0 Å². The van der Waals surface area contributed by atoms with Crippen LogP contribution >= 0.6 is 0 Å². The van der Waals surface area contributed by atoms with Crippen molar-refractivity contribution in [1.29, 1.82) is 0 Å². The summed E-state index contributed by atoms with van der Waals surface area (Å²) >= 11 is 0. The molecule has 0 amide bonds. The molecule has 164 valence electrons. The van der Waals surface area contributed by atoms with Gasteiger partial charge in [0.05, 0.1) is 12.1 Å². The minimum atomic E-state index is -0.755. The summed E-state index contributed by atoms with van der Waals surface area (Å²) in [5.41, 5.74) is 3.94. The zero-order valence-corrected chi connectivity index (χ0v) is 17.2. The number of nitrogens with one attached hydrogen (secondary N) is 1. The normalized spacial score (nSPS) is 18.6. The van der Waals surface area contributed by atoms with Crippen molar-refractivity contribution in [1.82, 2.24) is 10.5 Å². The summed E-state index contributed by atoms with van der Waals surface area (Å²) in [4.78, 5) is 0. The number of aliphatic hydroxyl groups is 2. The third-order valence-electron chi connectivity index (χ3n) is 5.76. The van der Waals surface area contributed by atoms with Crippen LogP contribution < -0.4 is 10.1 Å². The SMILES string of the molecule is O[C@H](CN[C@H]1c2ccccc2C[C@@H]1O)COc1cccc(-c2noc3cc(F)ccc23)c1. The summed E-state index contributed by atoms with van der Waals surface area (Å²) in [5, 5.41) is 28.7. The Balaban J connectivity index is 1.21. The minimum absolute atomic E-state index is 0.0890. The first-order valence-electron chi connectivity index (χ1n) is 10.5. The van der Waals surface area contributed by atoms with Gasteiger partial charge < -0.3 is 24.8 Å². The molecule has 0 aliphatic heterocycles. The Hall–Kier alpha value is -3.26. The van der Waals surface area contributed by atoms with E-state index in [4.69, 9.17) is 9.26 Å². The van der Waals surface area contributed by atoms with Gasteiger partial charge >= 0.3 is 0 Å². The molecule has 1 aliphatic carbocycles. The third-order valence-corrected chi connectivity index (χ3v) is 5.76. The number of rotatable bonds is 7. The van der Waals surface area contributed by atoms with E-state index in [2.05, 4.69) is 10.5 Å². The highest BCUT2D eigenvalue weighted by atomic mass is 19.1. The maximum atomic E-state index is 13.4. The van der Waals surface area contributed by atoms with Crippen molar-refractivity contribution in [2.45, 2.75) is 24.7 Å². The Morgan fingerprint density at radius 1 is 1.12 bits per heavy atom. The molecule has 1 aliphatic rings. The largest absolute Gasteiger partial charge is 0.491 e. The number of benzene rings is 3. The first-order valence-corrected chi connectivity index (χ1v) is 10.5. The lowest BCUT2D eigenvalue weighted by atomic mass is 10.1. The van der Waals surface area contributed by atoms with Crippen LogP contribution in [0, 0.1) is 5.82 Å². The fraction of sp³-hybridized carbons (Fsp3) is 0.240. The molecule has 1 heterocycles. The first-order chi connectivity index (χ1) is 15.6. The summed E-state index contributed by atoms with van der Waals surface area (Å²) in [6.45, 7) is 0.376. The summed E-state index contributed by atoms with van der Waals surface area (Å²) < 4.78 is 24.4. The van der Waals surface area contributed by atoms with E-state index in [1.807, 2.05) is 36.4 Å². The number of hydrogen-bond donors (Lipinski definition) is 3. The highest BCUT2D eigenvalue weighted by Gasteiger charge is 2.30. The molecule has 4 aromatic rings. The van der Waals surface area contributed by atoms with Crippen molar-refractivity contribution in [3.8, 4) is 17.0 Å². The maximum absolute atomic E-state index is 13.4. The molecule has 0 saturated heterocycles. The topological polar surface area (TPSA) is 87.8 Å². The summed E-state index contributed by atoms with van der Waals surface area (Å²) in [6, 6.07) is 19.3. The molecule has 32 heavy (non-hydrogen) atoms. The van der Waals surface area contributed by atoms with Crippen LogP contribution in [0.3, 0.4) is 0 Å². The average molecular weight is 434 g/mol. The number of hydrogen-bond acceptors (Lipinski definition) is 6. The molecule has 3 atom stereocenters. The molecular weight excluding hydrogens is 411 g/mol. The van der Waals surface area contributed by atoms with Gasteiger partial charge in [-0.2, -0.15) is 0 Å². The Bertz CT molecular complexity index is 1240. The molecule has 3 aromatic carbocycles. The zero-order valence-electron chi connectivity index (χ0n) is 17.2. The fourth-order valence-electron chi connectivity index (χ4n) is 4.19. The predicted octanol–water partition coefficient (Wildman–Crippen LogP) is 3.62. The molecule has 0 unspecified atom stereocenters. The van der Waals surface area contributed by atoms with Gasteiger partial charge in [0.25, 0.3) is 0 Å². The van der Waals surface area contributed by atoms with Gasteiger partial charge in [0.2, 0.25) is 0 Å². The van der Waals surface area contributed by atoms with Gasteiger partial charge in [-0.05, 0) is 35.4 Å². The number of fused-ring (bicyclic) bond motifs is 2. The van der Waals surface area contributed by atoms with Gasteiger partial charge in [0.1, 0.15) is 30.0 Å². The summed E-state index contributed by atoms with van der Waals surface area (Å²) in [6.07, 6.45) is -0.659.